The number of carbonyl (C=O) groups is 3. The van der Waals surface area contributed by atoms with Crippen LogP contribution in [0.4, 0.5) is 10.1 Å². The van der Waals surface area contributed by atoms with Crippen molar-refractivity contribution in [3.8, 4) is 0 Å². The van der Waals surface area contributed by atoms with Crippen LogP contribution in [0.1, 0.15) is 5.56 Å². The Morgan fingerprint density at radius 3 is 2.57 bits per heavy atom. The van der Waals surface area contributed by atoms with Gasteiger partial charge in [-0.15, -0.1) is 0 Å². The zero-order valence-corrected chi connectivity index (χ0v) is 16.3. The molecule has 9 heteroatoms. The van der Waals surface area contributed by atoms with Crippen LogP contribution in [0.15, 0.2) is 60.3 Å². The number of fused-ring (bicyclic) bond motifs is 1. The van der Waals surface area contributed by atoms with Crippen molar-refractivity contribution < 1.29 is 18.8 Å². The first-order valence-electron chi connectivity index (χ1n) is 8.89. The fourth-order valence-electron chi connectivity index (χ4n) is 3.35. The van der Waals surface area contributed by atoms with Crippen molar-refractivity contribution in [2.75, 3.05) is 4.90 Å². The molecule has 3 amide bonds. The standard InChI is InChI=1S/C21H15FN4O3S/c22-15-6-2-4-8-17(15)26-20(29)14(19(28)24-21(26)30)9-12-10-25(11-18(23)27)16-7-3-1-5-13(12)16/h1-10H,11H2,(H2,23,27)(H,24,28,30)/b14-9+. The van der Waals surface area contributed by atoms with Gasteiger partial charge < -0.3 is 10.3 Å². The van der Waals surface area contributed by atoms with E-state index in [1.165, 1.54) is 24.3 Å². The third-order valence-electron chi connectivity index (χ3n) is 4.64. The monoisotopic (exact) mass is 422 g/mol. The Morgan fingerprint density at radius 1 is 1.13 bits per heavy atom. The third-order valence-corrected chi connectivity index (χ3v) is 4.93. The van der Waals surface area contributed by atoms with Crippen LogP contribution in [0, 0.1) is 5.82 Å². The van der Waals surface area contributed by atoms with Gasteiger partial charge in [0.25, 0.3) is 11.8 Å². The van der Waals surface area contributed by atoms with E-state index in [0.29, 0.717) is 11.1 Å². The Hall–Kier alpha value is -3.85. The summed E-state index contributed by atoms with van der Waals surface area (Å²) in [5, 5.41) is 2.94. The molecule has 0 bridgehead atoms. The second-order valence-corrected chi connectivity index (χ2v) is 6.99. The number of nitrogens with one attached hydrogen (secondary N) is 1. The first-order chi connectivity index (χ1) is 14.4. The molecule has 3 N–H and O–H groups in total. The van der Waals surface area contributed by atoms with Gasteiger partial charge in [-0.05, 0) is 36.5 Å². The first kappa shape index (κ1) is 19.5. The van der Waals surface area contributed by atoms with Gasteiger partial charge in [0, 0.05) is 22.7 Å². The van der Waals surface area contributed by atoms with Crippen LogP contribution in [0.25, 0.3) is 17.0 Å². The van der Waals surface area contributed by atoms with Gasteiger partial charge in [-0.25, -0.2) is 9.29 Å². The lowest BCUT2D eigenvalue weighted by atomic mass is 10.1. The molecular weight excluding hydrogens is 407 g/mol. The average molecular weight is 422 g/mol. The highest BCUT2D eigenvalue weighted by molar-refractivity contribution is 7.80. The number of nitrogens with zero attached hydrogens (tertiary/aromatic N) is 2. The molecular formula is C21H15FN4O3S. The fraction of sp³-hybridized carbons (Fsp3) is 0.0476. The van der Waals surface area contributed by atoms with Crippen LogP contribution in [0.5, 0.6) is 0 Å². The van der Waals surface area contributed by atoms with E-state index in [4.69, 9.17) is 18.0 Å². The zero-order valence-electron chi connectivity index (χ0n) is 15.5. The van der Waals surface area contributed by atoms with Gasteiger partial charge in [-0.3, -0.25) is 19.7 Å². The molecule has 1 aromatic heterocycles. The van der Waals surface area contributed by atoms with Gasteiger partial charge in [0.05, 0.1) is 5.69 Å². The van der Waals surface area contributed by atoms with Crippen molar-refractivity contribution >= 4 is 57.7 Å². The van der Waals surface area contributed by atoms with E-state index < -0.39 is 23.5 Å². The molecule has 0 saturated carbocycles. The van der Waals surface area contributed by atoms with Crippen molar-refractivity contribution in [2.45, 2.75) is 6.54 Å². The minimum absolute atomic E-state index is 0.0603. The molecule has 30 heavy (non-hydrogen) atoms. The number of nitrogens with two attached hydrogens (primary N) is 1. The number of hydrogen-bond acceptors (Lipinski definition) is 4. The first-order valence-corrected chi connectivity index (χ1v) is 9.30. The molecule has 0 atom stereocenters. The van der Waals surface area contributed by atoms with Crippen LogP contribution in [0.2, 0.25) is 0 Å². The number of rotatable bonds is 4. The predicted octanol–water partition coefficient (Wildman–Crippen LogP) is 2.10. The van der Waals surface area contributed by atoms with Crippen LogP contribution in [-0.2, 0) is 20.9 Å². The van der Waals surface area contributed by atoms with E-state index in [-0.39, 0.29) is 22.9 Å². The van der Waals surface area contributed by atoms with Crippen molar-refractivity contribution in [2.24, 2.45) is 5.73 Å². The number of aromatic nitrogens is 1. The molecule has 0 radical (unpaired) electrons. The predicted molar refractivity (Wildman–Crippen MR) is 114 cm³/mol. The Balaban J connectivity index is 1.82. The van der Waals surface area contributed by atoms with Gasteiger partial charge >= 0.3 is 0 Å². The minimum Gasteiger partial charge on any atom is -0.368 e. The number of benzene rings is 2. The molecule has 1 aliphatic heterocycles. The minimum atomic E-state index is -0.749. The molecule has 0 unspecified atom stereocenters. The topological polar surface area (TPSA) is 97.4 Å². The summed E-state index contributed by atoms with van der Waals surface area (Å²) in [6, 6.07) is 12.8. The van der Waals surface area contributed by atoms with Crippen molar-refractivity contribution in [1.82, 2.24) is 9.88 Å². The molecule has 3 aromatic rings. The van der Waals surface area contributed by atoms with E-state index in [2.05, 4.69) is 5.32 Å². The summed E-state index contributed by atoms with van der Waals surface area (Å²) in [4.78, 5) is 37.9. The van der Waals surface area contributed by atoms with Gasteiger partial charge in [0.15, 0.2) is 5.11 Å². The highest BCUT2D eigenvalue weighted by Crippen LogP contribution is 2.27. The molecule has 1 aliphatic rings. The number of amides is 3. The highest BCUT2D eigenvalue weighted by atomic mass is 32.1. The molecule has 2 aromatic carbocycles. The molecule has 4 rings (SSSR count). The SMILES string of the molecule is NC(=O)Cn1cc(/C=C2\C(=O)NC(=S)N(c3ccccc3F)C2=O)c2ccccc21. The van der Waals surface area contributed by atoms with E-state index in [0.717, 1.165) is 10.3 Å². The van der Waals surface area contributed by atoms with E-state index in [1.54, 1.807) is 41.1 Å². The molecule has 7 nitrogen and oxygen atoms in total. The molecule has 0 spiro atoms. The fourth-order valence-corrected chi connectivity index (χ4v) is 3.63. The molecule has 1 fully saturated rings. The normalized spacial score (nSPS) is 15.7. The summed E-state index contributed by atoms with van der Waals surface area (Å²) in [6.45, 7) is -0.0603. The number of carbonyl (C=O) groups excluding carboxylic acids is 3. The lowest BCUT2D eigenvalue weighted by Gasteiger charge is -2.29. The molecule has 2 heterocycles. The van der Waals surface area contributed by atoms with Crippen LogP contribution in [0.3, 0.4) is 0 Å². The third kappa shape index (κ3) is 3.35. The maximum Gasteiger partial charge on any atom is 0.270 e. The number of anilines is 1. The molecule has 0 aliphatic carbocycles. The molecule has 150 valence electrons. The maximum atomic E-state index is 14.3. The quantitative estimate of drug-likeness (QED) is 0.382. The van der Waals surface area contributed by atoms with Crippen LogP contribution < -0.4 is 16.0 Å². The highest BCUT2D eigenvalue weighted by Gasteiger charge is 2.35. The summed E-state index contributed by atoms with van der Waals surface area (Å²) in [5.74, 6) is -2.62. The average Bonchev–Trinajstić information content (AvgIpc) is 3.03. The number of halogens is 1. The summed E-state index contributed by atoms with van der Waals surface area (Å²) in [7, 11) is 0. The lowest BCUT2D eigenvalue weighted by Crippen LogP contribution is -2.54. The Kier molecular flexibility index (Phi) is 4.88. The number of thiocarbonyl (C=S) groups is 1. The lowest BCUT2D eigenvalue weighted by molar-refractivity contribution is -0.122. The number of hydrogen-bond donors (Lipinski definition) is 2. The Bertz CT molecular complexity index is 1260. The zero-order chi connectivity index (χ0) is 21.4. The Morgan fingerprint density at radius 2 is 1.83 bits per heavy atom. The molecule has 1 saturated heterocycles. The van der Waals surface area contributed by atoms with Gasteiger partial charge in [0.2, 0.25) is 5.91 Å². The van der Waals surface area contributed by atoms with Gasteiger partial charge in [-0.1, -0.05) is 30.3 Å². The van der Waals surface area contributed by atoms with E-state index in [1.807, 2.05) is 0 Å². The van der Waals surface area contributed by atoms with Crippen molar-refractivity contribution in [3.05, 3.63) is 71.7 Å². The maximum absolute atomic E-state index is 14.3. The Labute approximate surface area is 175 Å². The number of para-hydroxylation sites is 2. The van der Waals surface area contributed by atoms with Gasteiger partial charge in [0.1, 0.15) is 17.9 Å². The van der Waals surface area contributed by atoms with Crippen LogP contribution in [-0.4, -0.2) is 27.4 Å². The van der Waals surface area contributed by atoms with Crippen molar-refractivity contribution in [3.63, 3.8) is 0 Å². The van der Waals surface area contributed by atoms with Crippen molar-refractivity contribution in [1.29, 1.82) is 0 Å². The van der Waals surface area contributed by atoms with Crippen LogP contribution >= 0.6 is 12.2 Å². The van der Waals surface area contributed by atoms with E-state index in [9.17, 15) is 18.8 Å². The summed E-state index contributed by atoms with van der Waals surface area (Å²) < 4.78 is 15.9. The summed E-state index contributed by atoms with van der Waals surface area (Å²) >= 11 is 5.09. The van der Waals surface area contributed by atoms with E-state index >= 15 is 0 Å². The second kappa shape index (κ2) is 7.53. The number of primary amides is 1. The van der Waals surface area contributed by atoms with Gasteiger partial charge in [-0.2, -0.15) is 0 Å². The smallest absolute Gasteiger partial charge is 0.270 e. The largest absolute Gasteiger partial charge is 0.368 e. The summed E-state index contributed by atoms with van der Waals surface area (Å²) in [6.07, 6.45) is 3.02. The summed E-state index contributed by atoms with van der Waals surface area (Å²) in [5.41, 5.74) is 6.29. The second-order valence-electron chi connectivity index (χ2n) is 6.61.